The van der Waals surface area contributed by atoms with Crippen molar-refractivity contribution in [3.05, 3.63) is 29.3 Å². The lowest BCUT2D eigenvalue weighted by atomic mass is 10.0. The van der Waals surface area contributed by atoms with E-state index in [4.69, 9.17) is 4.74 Å². The summed E-state index contributed by atoms with van der Waals surface area (Å²) < 4.78 is 61.7. The molecule has 1 rings (SSSR count). The Morgan fingerprint density at radius 1 is 1.20 bits per heavy atom. The van der Waals surface area contributed by atoms with Gasteiger partial charge in [-0.1, -0.05) is 6.92 Å². The number of hydrogen-bond donors (Lipinski definition) is 0. The Labute approximate surface area is 113 Å². The van der Waals surface area contributed by atoms with Crippen LogP contribution in [0.5, 0.6) is 5.75 Å². The lowest BCUT2D eigenvalue weighted by molar-refractivity contribution is -0.125. The number of Topliss-reactive ketones (excluding diaryl/α,β-unsaturated/α-hetero) is 1. The highest BCUT2D eigenvalue weighted by Gasteiger charge is 2.22. The molecule has 0 radical (unpaired) electrons. The summed E-state index contributed by atoms with van der Waals surface area (Å²) in [6.45, 7) is 1.25. The number of rotatable bonds is 7. The highest BCUT2D eigenvalue weighted by molar-refractivity contribution is 5.82. The summed E-state index contributed by atoms with van der Waals surface area (Å²) in [6, 6.07) is 0.0700. The van der Waals surface area contributed by atoms with Crippen molar-refractivity contribution in [3.8, 4) is 5.75 Å². The normalized spacial score (nSPS) is 12.3. The standard InChI is InChI=1S/C13H14F4O3/c1-7(3-4-19-2)10(18)6-20-13-11(16)8(14)5-9(15)12(13)17/h5,7H,3-4,6H2,1-2H3/t7-/m0/s1. The molecule has 0 spiro atoms. The van der Waals surface area contributed by atoms with Gasteiger partial charge in [-0.2, -0.15) is 8.78 Å². The molecule has 0 bridgehead atoms. The van der Waals surface area contributed by atoms with Crippen LogP contribution in [-0.4, -0.2) is 26.1 Å². The Kier molecular flexibility index (Phi) is 5.94. The van der Waals surface area contributed by atoms with E-state index < -0.39 is 47.3 Å². The molecular formula is C13H14F4O3. The molecule has 1 aromatic rings. The van der Waals surface area contributed by atoms with Crippen molar-refractivity contribution in [2.75, 3.05) is 20.3 Å². The average Bonchev–Trinajstić information content (AvgIpc) is 2.42. The molecule has 0 unspecified atom stereocenters. The van der Waals surface area contributed by atoms with E-state index in [9.17, 15) is 22.4 Å². The highest BCUT2D eigenvalue weighted by Crippen LogP contribution is 2.26. The second-order valence-electron chi connectivity index (χ2n) is 4.23. The molecule has 0 aliphatic carbocycles. The molecule has 0 amide bonds. The lowest BCUT2D eigenvalue weighted by Crippen LogP contribution is -2.21. The fourth-order valence-corrected chi connectivity index (χ4v) is 1.42. The molecular weight excluding hydrogens is 280 g/mol. The molecule has 1 atom stereocenters. The fraction of sp³-hybridized carbons (Fsp3) is 0.462. The van der Waals surface area contributed by atoms with Crippen LogP contribution in [0.1, 0.15) is 13.3 Å². The van der Waals surface area contributed by atoms with Crippen LogP contribution < -0.4 is 4.74 Å². The van der Waals surface area contributed by atoms with Crippen molar-refractivity contribution in [2.45, 2.75) is 13.3 Å². The molecule has 3 nitrogen and oxygen atoms in total. The van der Waals surface area contributed by atoms with E-state index >= 15 is 0 Å². The summed E-state index contributed by atoms with van der Waals surface area (Å²) in [7, 11) is 1.47. The van der Waals surface area contributed by atoms with Gasteiger partial charge < -0.3 is 9.47 Å². The molecule has 1 aromatic carbocycles. The quantitative estimate of drug-likeness (QED) is 0.573. The van der Waals surface area contributed by atoms with Gasteiger partial charge in [-0.25, -0.2) is 8.78 Å². The zero-order valence-corrected chi connectivity index (χ0v) is 11.0. The van der Waals surface area contributed by atoms with E-state index in [1.807, 2.05) is 0 Å². The predicted octanol–water partition coefficient (Wildman–Crippen LogP) is 2.86. The summed E-state index contributed by atoms with van der Waals surface area (Å²) in [6.07, 6.45) is 0.404. The minimum Gasteiger partial charge on any atom is -0.480 e. The monoisotopic (exact) mass is 294 g/mol. The van der Waals surface area contributed by atoms with Crippen LogP contribution in [0.25, 0.3) is 0 Å². The highest BCUT2D eigenvalue weighted by atomic mass is 19.2. The maximum Gasteiger partial charge on any atom is 0.203 e. The van der Waals surface area contributed by atoms with E-state index in [-0.39, 0.29) is 6.07 Å². The van der Waals surface area contributed by atoms with Gasteiger partial charge in [0.15, 0.2) is 23.2 Å². The molecule has 0 aliphatic rings. The Bertz CT molecular complexity index is 465. The van der Waals surface area contributed by atoms with Crippen molar-refractivity contribution >= 4 is 5.78 Å². The molecule has 0 heterocycles. The SMILES string of the molecule is COCC[C@H](C)C(=O)COc1c(F)c(F)cc(F)c1F. The molecule has 0 saturated heterocycles. The number of carbonyl (C=O) groups excluding carboxylic acids is 1. The van der Waals surface area contributed by atoms with Crippen LogP contribution in [0.4, 0.5) is 17.6 Å². The van der Waals surface area contributed by atoms with E-state index in [0.29, 0.717) is 13.0 Å². The minimum absolute atomic E-state index is 0.0700. The molecule has 0 saturated carbocycles. The lowest BCUT2D eigenvalue weighted by Gasteiger charge is -2.12. The number of hydrogen-bond acceptors (Lipinski definition) is 3. The van der Waals surface area contributed by atoms with Gasteiger partial charge in [0.2, 0.25) is 11.6 Å². The Morgan fingerprint density at radius 3 is 2.25 bits per heavy atom. The van der Waals surface area contributed by atoms with Crippen molar-refractivity contribution < 1.29 is 31.8 Å². The number of ether oxygens (including phenoxy) is 2. The third-order valence-electron chi connectivity index (χ3n) is 2.73. The van der Waals surface area contributed by atoms with Gasteiger partial charge in [-0.3, -0.25) is 4.79 Å². The van der Waals surface area contributed by atoms with E-state index in [1.54, 1.807) is 6.92 Å². The second kappa shape index (κ2) is 7.23. The van der Waals surface area contributed by atoms with Gasteiger partial charge >= 0.3 is 0 Å². The van der Waals surface area contributed by atoms with Gasteiger partial charge in [0.1, 0.15) is 6.61 Å². The van der Waals surface area contributed by atoms with Crippen LogP contribution >= 0.6 is 0 Å². The molecule has 7 heteroatoms. The van der Waals surface area contributed by atoms with Gasteiger partial charge in [0.05, 0.1) is 0 Å². The summed E-state index contributed by atoms with van der Waals surface area (Å²) >= 11 is 0. The molecule has 112 valence electrons. The third-order valence-corrected chi connectivity index (χ3v) is 2.73. The van der Waals surface area contributed by atoms with E-state index in [2.05, 4.69) is 4.74 Å². The number of carbonyl (C=O) groups is 1. The molecule has 0 aromatic heterocycles. The summed E-state index contributed by atoms with van der Waals surface area (Å²) in [5.41, 5.74) is 0. The predicted molar refractivity (Wildman–Crippen MR) is 62.4 cm³/mol. The maximum atomic E-state index is 13.3. The third kappa shape index (κ3) is 3.93. The van der Waals surface area contributed by atoms with E-state index in [1.165, 1.54) is 7.11 Å². The van der Waals surface area contributed by atoms with Gasteiger partial charge in [0, 0.05) is 25.7 Å². The average molecular weight is 294 g/mol. The van der Waals surface area contributed by atoms with Crippen LogP contribution in [0.15, 0.2) is 6.07 Å². The smallest absolute Gasteiger partial charge is 0.203 e. The van der Waals surface area contributed by atoms with Crippen LogP contribution in [-0.2, 0) is 9.53 Å². The van der Waals surface area contributed by atoms with Crippen LogP contribution in [0.3, 0.4) is 0 Å². The van der Waals surface area contributed by atoms with Crippen molar-refractivity contribution in [1.82, 2.24) is 0 Å². The van der Waals surface area contributed by atoms with Crippen molar-refractivity contribution in [3.63, 3.8) is 0 Å². The molecule has 0 fully saturated rings. The van der Waals surface area contributed by atoms with E-state index in [0.717, 1.165) is 0 Å². The van der Waals surface area contributed by atoms with Gasteiger partial charge in [0.25, 0.3) is 0 Å². The fourth-order valence-electron chi connectivity index (χ4n) is 1.42. The first-order valence-electron chi connectivity index (χ1n) is 5.85. The Morgan fingerprint density at radius 2 is 1.75 bits per heavy atom. The molecule has 20 heavy (non-hydrogen) atoms. The number of benzene rings is 1. The Hall–Kier alpha value is -1.63. The van der Waals surface area contributed by atoms with Crippen LogP contribution in [0.2, 0.25) is 0 Å². The first kappa shape index (κ1) is 16.4. The Balaban J connectivity index is 2.73. The summed E-state index contributed by atoms with van der Waals surface area (Å²) in [4.78, 5) is 11.6. The number of methoxy groups -OCH3 is 1. The van der Waals surface area contributed by atoms with Crippen molar-refractivity contribution in [2.24, 2.45) is 5.92 Å². The van der Waals surface area contributed by atoms with Gasteiger partial charge in [-0.05, 0) is 6.42 Å². The largest absolute Gasteiger partial charge is 0.480 e. The molecule has 0 N–H and O–H groups in total. The maximum absolute atomic E-state index is 13.3. The first-order valence-corrected chi connectivity index (χ1v) is 5.85. The second-order valence-corrected chi connectivity index (χ2v) is 4.23. The zero-order chi connectivity index (χ0) is 15.3. The number of halogens is 4. The number of ketones is 1. The van der Waals surface area contributed by atoms with Crippen molar-refractivity contribution in [1.29, 1.82) is 0 Å². The minimum atomic E-state index is -1.67. The van der Waals surface area contributed by atoms with Gasteiger partial charge in [-0.15, -0.1) is 0 Å². The van der Waals surface area contributed by atoms with Crippen LogP contribution in [0, 0.1) is 29.2 Å². The zero-order valence-electron chi connectivity index (χ0n) is 11.0. The topological polar surface area (TPSA) is 35.5 Å². The first-order chi connectivity index (χ1) is 9.38. The summed E-state index contributed by atoms with van der Waals surface area (Å²) in [5.74, 6) is -8.64. The molecule has 0 aliphatic heterocycles. The summed E-state index contributed by atoms with van der Waals surface area (Å²) in [5, 5.41) is 0.